The van der Waals surface area contributed by atoms with Crippen LogP contribution in [0.4, 0.5) is 0 Å². The molecule has 0 fully saturated rings. The second-order valence-electron chi connectivity index (χ2n) is 17.5. The van der Waals surface area contributed by atoms with E-state index < -0.39 is 13.9 Å². The largest absolute Gasteiger partial charge is 0.472 e. The maximum absolute atomic E-state index is 12.7. The van der Waals surface area contributed by atoms with E-state index in [2.05, 4.69) is 38.2 Å². The van der Waals surface area contributed by atoms with Crippen LogP contribution in [0.25, 0.3) is 0 Å². The molecule has 0 saturated carbocycles. The number of unbranched alkanes of at least 4 members (excludes halogenated alkanes) is 27. The van der Waals surface area contributed by atoms with E-state index in [1.54, 1.807) is 0 Å². The van der Waals surface area contributed by atoms with E-state index in [1.807, 2.05) is 21.1 Å². The highest BCUT2D eigenvalue weighted by Gasteiger charge is 2.26. The minimum Gasteiger partial charge on any atom is -0.457 e. The van der Waals surface area contributed by atoms with Crippen LogP contribution in [0.2, 0.25) is 0 Å². The van der Waals surface area contributed by atoms with Crippen LogP contribution in [-0.2, 0) is 27.9 Å². The molecule has 0 saturated heterocycles. The number of phosphoric acid groups is 1. The summed E-state index contributed by atoms with van der Waals surface area (Å²) in [4.78, 5) is 22.9. The Morgan fingerprint density at radius 3 is 1.35 bits per heavy atom. The Morgan fingerprint density at radius 2 is 0.912 bits per heavy atom. The van der Waals surface area contributed by atoms with E-state index in [0.29, 0.717) is 24.1 Å². The van der Waals surface area contributed by atoms with Crippen molar-refractivity contribution in [1.29, 1.82) is 0 Å². The van der Waals surface area contributed by atoms with Crippen LogP contribution < -0.4 is 0 Å². The molecule has 1 N–H and O–H groups in total. The van der Waals surface area contributed by atoms with Gasteiger partial charge in [0, 0.05) is 13.0 Å². The van der Waals surface area contributed by atoms with Gasteiger partial charge >= 0.3 is 13.8 Å². The number of hydrogen-bond donors (Lipinski definition) is 1. The van der Waals surface area contributed by atoms with Gasteiger partial charge in [-0.05, 0) is 64.2 Å². The summed E-state index contributed by atoms with van der Waals surface area (Å²) < 4.78 is 35.1. The highest BCUT2D eigenvalue weighted by atomic mass is 31.2. The van der Waals surface area contributed by atoms with Gasteiger partial charge in [-0.1, -0.05) is 173 Å². The monoisotopic (exact) mass is 829 g/mol. The fourth-order valence-corrected chi connectivity index (χ4v) is 7.46. The van der Waals surface area contributed by atoms with Crippen LogP contribution in [0.1, 0.15) is 219 Å². The average Bonchev–Trinajstić information content (AvgIpc) is 3.16. The summed E-state index contributed by atoms with van der Waals surface area (Å²) in [7, 11) is 1.67. The Kier molecular flexibility index (Phi) is 41.0. The molecule has 0 amide bonds. The van der Waals surface area contributed by atoms with Crippen LogP contribution in [-0.4, -0.2) is 75.6 Å². The van der Waals surface area contributed by atoms with Gasteiger partial charge in [0.25, 0.3) is 0 Å². The fraction of sp³-hybridized carbons (Fsp3) is 0.896. The summed E-state index contributed by atoms with van der Waals surface area (Å²) in [6.45, 7) is 5.62. The molecule has 0 aliphatic rings. The highest BCUT2D eigenvalue weighted by Crippen LogP contribution is 2.43. The smallest absolute Gasteiger partial charge is 0.457 e. The molecule has 2 unspecified atom stereocenters. The minimum atomic E-state index is -4.28. The lowest BCUT2D eigenvalue weighted by molar-refractivity contribution is -0.870. The summed E-state index contributed by atoms with van der Waals surface area (Å²) >= 11 is 0. The Hall–Kier alpha value is -1.02. The number of allylic oxidation sites excluding steroid dienone is 4. The molecule has 57 heavy (non-hydrogen) atoms. The zero-order valence-corrected chi connectivity index (χ0v) is 39.2. The van der Waals surface area contributed by atoms with Gasteiger partial charge in [-0.3, -0.25) is 13.8 Å². The average molecular weight is 829 g/mol. The Bertz CT molecular complexity index is 967. The van der Waals surface area contributed by atoms with Crippen molar-refractivity contribution in [2.45, 2.75) is 225 Å². The number of rotatable bonds is 45. The molecule has 0 spiro atoms. The number of hydrogen-bond acceptors (Lipinski definition) is 6. The molecule has 9 heteroatoms. The number of likely N-dealkylation sites (N-methyl/N-ethyl adjacent to an activating group) is 1. The third kappa shape index (κ3) is 45.9. The van der Waals surface area contributed by atoms with Crippen molar-refractivity contribution in [2.24, 2.45) is 0 Å². The summed E-state index contributed by atoms with van der Waals surface area (Å²) in [5, 5.41) is 0. The number of carbonyl (C=O) groups excluding carboxylic acids is 1. The fourth-order valence-electron chi connectivity index (χ4n) is 6.72. The molecule has 0 aromatic rings. The van der Waals surface area contributed by atoms with Gasteiger partial charge in [-0.25, -0.2) is 4.57 Å². The molecule has 0 aliphatic carbocycles. The molecule has 0 aliphatic heterocycles. The molecular formula is C48H95NO7P+. The third-order valence-electron chi connectivity index (χ3n) is 10.5. The second kappa shape index (κ2) is 41.7. The molecule has 0 heterocycles. The van der Waals surface area contributed by atoms with Crippen LogP contribution in [0.15, 0.2) is 24.3 Å². The Labute approximate surface area is 353 Å². The Morgan fingerprint density at radius 1 is 0.526 bits per heavy atom. The van der Waals surface area contributed by atoms with Crippen LogP contribution >= 0.6 is 7.82 Å². The quantitative estimate of drug-likeness (QED) is 0.0215. The molecule has 338 valence electrons. The van der Waals surface area contributed by atoms with Gasteiger partial charge in [-0.15, -0.1) is 0 Å². The lowest BCUT2D eigenvalue weighted by Gasteiger charge is -2.24. The standard InChI is InChI=1S/C48H94NO7P/c1-6-8-10-12-14-16-18-20-22-23-24-25-26-27-28-29-31-33-35-37-39-41-48(50)56-47(46-55-57(51,52)54-44-42-49(3,4)5)45-53-43-40-38-36-34-32-30-21-19-17-15-13-11-9-7-2/h17,19,23-24,47H,6-16,18,20-22,25-46H2,1-5H3/p+1/b19-17-,24-23-. The normalized spacial score (nSPS) is 13.9. The van der Waals surface area contributed by atoms with E-state index in [0.717, 1.165) is 32.1 Å². The minimum absolute atomic E-state index is 0.0884. The van der Waals surface area contributed by atoms with Gasteiger partial charge in [0.05, 0.1) is 34.4 Å². The number of esters is 1. The zero-order valence-electron chi connectivity index (χ0n) is 38.3. The third-order valence-corrected chi connectivity index (χ3v) is 11.5. The van der Waals surface area contributed by atoms with Crippen molar-refractivity contribution >= 4 is 13.8 Å². The van der Waals surface area contributed by atoms with Crippen molar-refractivity contribution in [3.8, 4) is 0 Å². The van der Waals surface area contributed by atoms with E-state index in [1.165, 1.54) is 167 Å². The van der Waals surface area contributed by atoms with Gasteiger partial charge in [0.1, 0.15) is 19.3 Å². The van der Waals surface area contributed by atoms with Crippen molar-refractivity contribution < 1.29 is 37.3 Å². The van der Waals surface area contributed by atoms with Gasteiger partial charge in [0.15, 0.2) is 0 Å². The van der Waals surface area contributed by atoms with Crippen molar-refractivity contribution in [1.82, 2.24) is 0 Å². The molecule has 0 rings (SSSR count). The number of carbonyl (C=O) groups is 1. The number of phosphoric ester groups is 1. The summed E-state index contributed by atoms with van der Waals surface area (Å²) in [6, 6.07) is 0. The highest BCUT2D eigenvalue weighted by molar-refractivity contribution is 7.47. The van der Waals surface area contributed by atoms with E-state index >= 15 is 0 Å². The van der Waals surface area contributed by atoms with Crippen LogP contribution in [0.3, 0.4) is 0 Å². The molecule has 0 aromatic carbocycles. The molecular weight excluding hydrogens is 734 g/mol. The van der Waals surface area contributed by atoms with Gasteiger partial charge in [-0.2, -0.15) is 0 Å². The first-order chi connectivity index (χ1) is 27.6. The first kappa shape index (κ1) is 56.0. The van der Waals surface area contributed by atoms with Gasteiger partial charge < -0.3 is 18.9 Å². The molecule has 0 aromatic heterocycles. The first-order valence-corrected chi connectivity index (χ1v) is 25.6. The number of quaternary nitrogens is 1. The maximum Gasteiger partial charge on any atom is 0.472 e. The van der Waals surface area contributed by atoms with Crippen LogP contribution in [0.5, 0.6) is 0 Å². The van der Waals surface area contributed by atoms with Crippen molar-refractivity contribution in [3.63, 3.8) is 0 Å². The molecule has 0 radical (unpaired) electrons. The topological polar surface area (TPSA) is 91.3 Å². The second-order valence-corrected chi connectivity index (χ2v) is 18.9. The number of nitrogens with zero attached hydrogens (tertiary/aromatic N) is 1. The molecule has 2 atom stereocenters. The summed E-state index contributed by atoms with van der Waals surface area (Å²) in [5.41, 5.74) is 0. The predicted octanol–water partition coefficient (Wildman–Crippen LogP) is 14.4. The first-order valence-electron chi connectivity index (χ1n) is 24.1. The lowest BCUT2D eigenvalue weighted by Crippen LogP contribution is -2.37. The van der Waals surface area contributed by atoms with E-state index in [-0.39, 0.29) is 25.8 Å². The SMILES string of the molecule is CCCCCC/C=C\CCCCCCCCOCC(COP(=O)(O)OCC[N+](C)(C)C)OC(=O)CCCCCCCCCCC/C=C\CCCCCCCCCC. The zero-order chi connectivity index (χ0) is 42.0. The van der Waals surface area contributed by atoms with Gasteiger partial charge in [0.2, 0.25) is 0 Å². The summed E-state index contributed by atoms with van der Waals surface area (Å²) in [5.74, 6) is -0.316. The van der Waals surface area contributed by atoms with E-state index in [4.69, 9.17) is 18.5 Å². The molecule has 0 bridgehead atoms. The Balaban J connectivity index is 4.15. The maximum atomic E-state index is 12.7. The van der Waals surface area contributed by atoms with E-state index in [9.17, 15) is 14.3 Å². The summed E-state index contributed by atoms with van der Waals surface area (Å²) in [6.07, 6.45) is 47.8. The van der Waals surface area contributed by atoms with Crippen LogP contribution in [0, 0.1) is 0 Å². The predicted molar refractivity (Wildman–Crippen MR) is 243 cm³/mol. The molecule has 8 nitrogen and oxygen atoms in total. The van der Waals surface area contributed by atoms with Crippen molar-refractivity contribution in [3.05, 3.63) is 24.3 Å². The lowest BCUT2D eigenvalue weighted by atomic mass is 10.1. The number of ether oxygens (including phenoxy) is 2. The van der Waals surface area contributed by atoms with Crippen molar-refractivity contribution in [2.75, 3.05) is 54.1 Å².